The van der Waals surface area contributed by atoms with Gasteiger partial charge in [0.05, 0.1) is 5.56 Å². The van der Waals surface area contributed by atoms with Crippen LogP contribution in [0.2, 0.25) is 0 Å². The topological polar surface area (TPSA) is 58.2 Å². The van der Waals surface area contributed by atoms with Crippen LogP contribution in [0.4, 0.5) is 14.5 Å². The molecule has 0 aliphatic rings. The maximum absolute atomic E-state index is 13.6. The van der Waals surface area contributed by atoms with E-state index < -0.39 is 17.5 Å². The molecule has 0 unspecified atom stereocenters. The molecule has 2 N–H and O–H groups in total. The normalized spacial score (nSPS) is 11.0. The number of hydrogen-bond donors (Lipinski definition) is 2. The smallest absolute Gasteiger partial charge is 0.254 e. The first kappa shape index (κ1) is 21.5. The zero-order valence-corrected chi connectivity index (χ0v) is 16.6. The summed E-state index contributed by atoms with van der Waals surface area (Å²) in [6, 6.07) is 8.73. The predicted octanol–water partition coefficient (Wildman–Crippen LogP) is 4.97. The van der Waals surface area contributed by atoms with Crippen molar-refractivity contribution < 1.29 is 18.4 Å². The van der Waals surface area contributed by atoms with E-state index >= 15 is 0 Å². The summed E-state index contributed by atoms with van der Waals surface area (Å²) in [5, 5.41) is 5.35. The highest BCUT2D eigenvalue weighted by Crippen LogP contribution is 2.28. The molecule has 150 valence electrons. The van der Waals surface area contributed by atoms with Gasteiger partial charge < -0.3 is 10.6 Å². The Morgan fingerprint density at radius 1 is 0.964 bits per heavy atom. The van der Waals surface area contributed by atoms with E-state index in [0.717, 1.165) is 23.4 Å². The van der Waals surface area contributed by atoms with E-state index in [-0.39, 0.29) is 30.4 Å². The summed E-state index contributed by atoms with van der Waals surface area (Å²) in [4.78, 5) is 24.2. The van der Waals surface area contributed by atoms with E-state index in [4.69, 9.17) is 0 Å². The summed E-state index contributed by atoms with van der Waals surface area (Å²) in [6.45, 7) is 8.40. The van der Waals surface area contributed by atoms with Crippen LogP contribution in [0.5, 0.6) is 0 Å². The number of carbonyl (C=O) groups excluding carboxylic acids is 2. The van der Waals surface area contributed by atoms with Gasteiger partial charge in [-0.2, -0.15) is 0 Å². The fraction of sp³-hybridized carbons (Fsp3) is 0.364. The highest BCUT2D eigenvalue weighted by molar-refractivity contribution is 5.95. The predicted molar refractivity (Wildman–Crippen MR) is 107 cm³/mol. The molecule has 0 saturated heterocycles. The minimum atomic E-state index is -0.936. The maximum atomic E-state index is 13.6. The highest BCUT2D eigenvalue weighted by atomic mass is 19.1. The van der Waals surface area contributed by atoms with E-state index in [9.17, 15) is 18.4 Å². The van der Waals surface area contributed by atoms with Gasteiger partial charge in [-0.15, -0.1) is 0 Å². The molecule has 0 aromatic heterocycles. The van der Waals surface area contributed by atoms with Crippen LogP contribution in [0.25, 0.3) is 0 Å². The Bertz CT molecular complexity index is 864. The van der Waals surface area contributed by atoms with Gasteiger partial charge in [-0.05, 0) is 41.2 Å². The highest BCUT2D eigenvalue weighted by Gasteiger charge is 2.14. The summed E-state index contributed by atoms with van der Waals surface area (Å²) in [5.74, 6) is -1.99. The number of amides is 2. The summed E-state index contributed by atoms with van der Waals surface area (Å²) in [5.41, 5.74) is 2.75. The molecule has 6 heteroatoms. The summed E-state index contributed by atoms with van der Waals surface area (Å²) < 4.78 is 26.5. The fourth-order valence-corrected chi connectivity index (χ4v) is 2.80. The van der Waals surface area contributed by atoms with E-state index in [2.05, 4.69) is 44.4 Å². The number of halogens is 2. The molecule has 0 heterocycles. The molecular formula is C22H26F2N2O2. The average molecular weight is 388 g/mol. The van der Waals surface area contributed by atoms with Crippen LogP contribution >= 0.6 is 0 Å². The van der Waals surface area contributed by atoms with Crippen molar-refractivity contribution in [1.82, 2.24) is 5.32 Å². The maximum Gasteiger partial charge on any atom is 0.254 e. The largest absolute Gasteiger partial charge is 0.351 e. The van der Waals surface area contributed by atoms with Crippen molar-refractivity contribution in [2.75, 3.05) is 11.9 Å². The molecule has 2 rings (SSSR count). The molecule has 0 aliphatic carbocycles. The first-order valence-electron chi connectivity index (χ1n) is 9.36. The van der Waals surface area contributed by atoms with Gasteiger partial charge in [0.15, 0.2) is 0 Å². The Morgan fingerprint density at radius 2 is 1.68 bits per heavy atom. The number of rotatable bonds is 7. The van der Waals surface area contributed by atoms with Gasteiger partial charge in [-0.25, -0.2) is 8.78 Å². The molecule has 0 bridgehead atoms. The molecule has 0 saturated carbocycles. The molecule has 4 nitrogen and oxygen atoms in total. The molecule has 2 aromatic rings. The van der Waals surface area contributed by atoms with Gasteiger partial charge in [0.25, 0.3) is 5.91 Å². The Morgan fingerprint density at radius 3 is 2.29 bits per heavy atom. The molecule has 2 aromatic carbocycles. The Kier molecular flexibility index (Phi) is 7.26. The van der Waals surface area contributed by atoms with Crippen molar-refractivity contribution in [2.24, 2.45) is 0 Å². The zero-order valence-electron chi connectivity index (χ0n) is 16.6. The SMILES string of the molecule is CC(C)c1ccc(NC(=O)CCNC(=O)c2ccc(F)cc2F)c(C(C)C)c1. The van der Waals surface area contributed by atoms with Crippen molar-refractivity contribution in [3.05, 3.63) is 64.7 Å². The number of hydrogen-bond acceptors (Lipinski definition) is 2. The van der Waals surface area contributed by atoms with Crippen LogP contribution in [0.1, 0.15) is 67.4 Å². The van der Waals surface area contributed by atoms with E-state index in [1.807, 2.05) is 12.1 Å². The third kappa shape index (κ3) is 5.62. The van der Waals surface area contributed by atoms with Gasteiger partial charge in [0, 0.05) is 24.7 Å². The summed E-state index contributed by atoms with van der Waals surface area (Å²) >= 11 is 0. The molecule has 0 atom stereocenters. The summed E-state index contributed by atoms with van der Waals surface area (Å²) in [7, 11) is 0. The van der Waals surface area contributed by atoms with Gasteiger partial charge in [0.2, 0.25) is 5.91 Å². The van der Waals surface area contributed by atoms with Gasteiger partial charge >= 0.3 is 0 Å². The molecule has 0 radical (unpaired) electrons. The quantitative estimate of drug-likeness (QED) is 0.704. The monoisotopic (exact) mass is 388 g/mol. The third-order valence-corrected chi connectivity index (χ3v) is 4.45. The van der Waals surface area contributed by atoms with Crippen LogP contribution in [-0.2, 0) is 4.79 Å². The fourth-order valence-electron chi connectivity index (χ4n) is 2.80. The van der Waals surface area contributed by atoms with Gasteiger partial charge in [0.1, 0.15) is 11.6 Å². The van der Waals surface area contributed by atoms with Crippen molar-refractivity contribution in [2.45, 2.75) is 46.0 Å². The second kappa shape index (κ2) is 9.44. The first-order valence-corrected chi connectivity index (χ1v) is 9.36. The number of nitrogens with one attached hydrogen (secondary N) is 2. The lowest BCUT2D eigenvalue weighted by Gasteiger charge is -2.17. The van der Waals surface area contributed by atoms with Crippen molar-refractivity contribution in [1.29, 1.82) is 0 Å². The van der Waals surface area contributed by atoms with Crippen molar-refractivity contribution in [3.8, 4) is 0 Å². The van der Waals surface area contributed by atoms with Crippen LogP contribution in [0.3, 0.4) is 0 Å². The molecule has 0 aliphatic heterocycles. The molecular weight excluding hydrogens is 362 g/mol. The number of anilines is 1. The lowest BCUT2D eigenvalue weighted by Crippen LogP contribution is -2.28. The Hall–Kier alpha value is -2.76. The van der Waals surface area contributed by atoms with Crippen LogP contribution in [0, 0.1) is 11.6 Å². The van der Waals surface area contributed by atoms with Gasteiger partial charge in [-0.1, -0.05) is 39.8 Å². The number of carbonyl (C=O) groups is 2. The van der Waals surface area contributed by atoms with Crippen LogP contribution < -0.4 is 10.6 Å². The first-order chi connectivity index (χ1) is 13.2. The molecule has 0 spiro atoms. The molecule has 0 fully saturated rings. The van der Waals surface area contributed by atoms with E-state index in [1.165, 1.54) is 5.56 Å². The van der Waals surface area contributed by atoms with Crippen molar-refractivity contribution >= 4 is 17.5 Å². The second-order valence-corrected chi connectivity index (χ2v) is 7.33. The summed E-state index contributed by atoms with van der Waals surface area (Å²) in [6.07, 6.45) is 0.0397. The lowest BCUT2D eigenvalue weighted by molar-refractivity contribution is -0.116. The Balaban J connectivity index is 1.94. The van der Waals surface area contributed by atoms with Crippen LogP contribution in [0.15, 0.2) is 36.4 Å². The molecule has 28 heavy (non-hydrogen) atoms. The lowest BCUT2D eigenvalue weighted by atomic mass is 9.94. The van der Waals surface area contributed by atoms with Gasteiger partial charge in [-0.3, -0.25) is 9.59 Å². The second-order valence-electron chi connectivity index (χ2n) is 7.33. The van der Waals surface area contributed by atoms with Crippen LogP contribution in [-0.4, -0.2) is 18.4 Å². The minimum absolute atomic E-state index is 0.0397. The standard InChI is InChI=1S/C22H26F2N2O2/c1-13(2)15-5-8-20(18(11-15)14(3)4)26-21(27)9-10-25-22(28)17-7-6-16(23)12-19(17)24/h5-8,11-14H,9-10H2,1-4H3,(H,25,28)(H,26,27). The number of benzene rings is 2. The van der Waals surface area contributed by atoms with Crippen molar-refractivity contribution in [3.63, 3.8) is 0 Å². The van der Waals surface area contributed by atoms with E-state index in [0.29, 0.717) is 12.0 Å². The zero-order chi connectivity index (χ0) is 20.8. The Labute approximate surface area is 164 Å². The average Bonchev–Trinajstić information content (AvgIpc) is 2.61. The minimum Gasteiger partial charge on any atom is -0.351 e. The third-order valence-electron chi connectivity index (χ3n) is 4.45. The van der Waals surface area contributed by atoms with E-state index in [1.54, 1.807) is 0 Å². The molecule has 2 amide bonds.